The molecule has 1 N–H and O–H groups in total. The maximum atomic E-state index is 12.6. The average Bonchev–Trinajstić information content (AvgIpc) is 2.34. The molecule has 1 aromatic carbocycles. The molecule has 0 saturated heterocycles. The third kappa shape index (κ3) is 3.46. The Hall–Kier alpha value is -1.56. The largest absolute Gasteiger partial charge is 0.469 e. The van der Waals surface area contributed by atoms with Crippen LogP contribution in [0.25, 0.3) is 0 Å². The van der Waals surface area contributed by atoms with Crippen LogP contribution in [0.2, 0.25) is 0 Å². The van der Waals surface area contributed by atoms with Gasteiger partial charge in [0.15, 0.2) is 0 Å². The lowest BCUT2D eigenvalue weighted by atomic mass is 9.97. The Kier molecular flexibility index (Phi) is 4.72. The predicted octanol–water partition coefficient (Wildman–Crippen LogP) is 2.18. The highest BCUT2D eigenvalue weighted by atomic mass is 19.4. The summed E-state index contributed by atoms with van der Waals surface area (Å²) in [5.41, 5.74) is -0.490. The molecular weight excluding hydrogens is 247 g/mol. The first-order chi connectivity index (χ1) is 8.40. The first kappa shape index (κ1) is 14.5. The number of halogens is 3. The molecule has 18 heavy (non-hydrogen) atoms. The maximum Gasteiger partial charge on any atom is 0.416 e. The first-order valence-electron chi connectivity index (χ1n) is 5.29. The summed E-state index contributed by atoms with van der Waals surface area (Å²) >= 11 is 0. The molecule has 0 spiro atoms. The number of likely N-dealkylation sites (N-methyl/N-ethyl adjacent to an activating group) is 1. The molecule has 0 bridgehead atoms. The molecule has 0 fully saturated rings. The number of carbonyl (C=O) groups is 1. The highest BCUT2D eigenvalue weighted by Gasteiger charge is 2.31. The molecule has 3 nitrogen and oxygen atoms in total. The van der Waals surface area contributed by atoms with E-state index in [0.29, 0.717) is 0 Å². The van der Waals surface area contributed by atoms with E-state index in [2.05, 4.69) is 10.1 Å². The Morgan fingerprint density at radius 1 is 1.44 bits per heavy atom. The number of rotatable bonds is 4. The lowest BCUT2D eigenvalue weighted by molar-refractivity contribution is -0.143. The van der Waals surface area contributed by atoms with Crippen LogP contribution in [0.15, 0.2) is 24.3 Å². The van der Waals surface area contributed by atoms with Crippen LogP contribution >= 0.6 is 0 Å². The molecule has 100 valence electrons. The fourth-order valence-corrected chi connectivity index (χ4v) is 1.62. The number of ether oxygens (including phenoxy) is 1. The van der Waals surface area contributed by atoms with Crippen LogP contribution in [-0.2, 0) is 15.7 Å². The molecule has 0 heterocycles. The Balaban J connectivity index is 3.09. The van der Waals surface area contributed by atoms with Gasteiger partial charge in [0, 0.05) is 6.54 Å². The fourth-order valence-electron chi connectivity index (χ4n) is 1.62. The molecular formula is C12H14F3NO2. The van der Waals surface area contributed by atoms with Crippen LogP contribution < -0.4 is 5.32 Å². The Morgan fingerprint density at radius 3 is 2.61 bits per heavy atom. The van der Waals surface area contributed by atoms with E-state index in [9.17, 15) is 18.0 Å². The molecule has 0 aliphatic heterocycles. The van der Waals surface area contributed by atoms with Crippen molar-refractivity contribution < 1.29 is 22.7 Å². The van der Waals surface area contributed by atoms with Gasteiger partial charge in [-0.25, -0.2) is 0 Å². The molecule has 1 unspecified atom stereocenters. The Labute approximate surface area is 103 Å². The second-order valence-corrected chi connectivity index (χ2v) is 3.76. The summed E-state index contributed by atoms with van der Waals surface area (Å²) in [6, 6.07) is 4.70. The molecule has 0 amide bonds. The number of alkyl halides is 3. The number of nitrogens with one attached hydrogen (secondary N) is 1. The van der Waals surface area contributed by atoms with Gasteiger partial charge in [-0.05, 0) is 18.7 Å². The van der Waals surface area contributed by atoms with Crippen molar-refractivity contribution >= 4 is 5.97 Å². The third-order valence-corrected chi connectivity index (χ3v) is 2.51. The van der Waals surface area contributed by atoms with Crippen LogP contribution in [0.1, 0.15) is 17.0 Å². The van der Waals surface area contributed by atoms with Crippen LogP contribution in [0.3, 0.4) is 0 Å². The quantitative estimate of drug-likeness (QED) is 0.844. The Bertz CT molecular complexity index is 418. The van der Waals surface area contributed by atoms with E-state index in [-0.39, 0.29) is 12.1 Å². The molecule has 0 aliphatic carbocycles. The van der Waals surface area contributed by atoms with Crippen molar-refractivity contribution in [3.8, 4) is 0 Å². The van der Waals surface area contributed by atoms with E-state index in [0.717, 1.165) is 12.1 Å². The lowest BCUT2D eigenvalue weighted by Crippen LogP contribution is -2.25. The lowest BCUT2D eigenvalue weighted by Gasteiger charge is -2.16. The zero-order valence-electron chi connectivity index (χ0n) is 10.0. The number of benzene rings is 1. The zero-order chi connectivity index (χ0) is 13.8. The van der Waals surface area contributed by atoms with Crippen LogP contribution in [0.4, 0.5) is 13.2 Å². The molecule has 1 atom stereocenters. The van der Waals surface area contributed by atoms with Gasteiger partial charge in [0.1, 0.15) is 0 Å². The van der Waals surface area contributed by atoms with Crippen molar-refractivity contribution in [2.75, 3.05) is 20.7 Å². The molecule has 1 rings (SSSR count). The number of hydrogen-bond donors (Lipinski definition) is 1. The third-order valence-electron chi connectivity index (χ3n) is 2.51. The van der Waals surface area contributed by atoms with Crippen molar-refractivity contribution in [1.82, 2.24) is 5.32 Å². The average molecular weight is 261 g/mol. The van der Waals surface area contributed by atoms with Gasteiger partial charge in [0.05, 0.1) is 18.6 Å². The monoisotopic (exact) mass is 261 g/mol. The van der Waals surface area contributed by atoms with Gasteiger partial charge < -0.3 is 10.1 Å². The van der Waals surface area contributed by atoms with E-state index in [1.165, 1.54) is 19.2 Å². The van der Waals surface area contributed by atoms with Crippen LogP contribution in [0.5, 0.6) is 0 Å². The summed E-state index contributed by atoms with van der Waals surface area (Å²) in [6.07, 6.45) is -4.42. The minimum absolute atomic E-state index is 0.216. The van der Waals surface area contributed by atoms with Gasteiger partial charge in [-0.3, -0.25) is 4.79 Å². The van der Waals surface area contributed by atoms with Crippen LogP contribution in [0, 0.1) is 0 Å². The van der Waals surface area contributed by atoms with E-state index >= 15 is 0 Å². The van der Waals surface area contributed by atoms with Crippen molar-refractivity contribution in [1.29, 1.82) is 0 Å². The molecule has 0 saturated carbocycles. The molecule has 6 heteroatoms. The minimum Gasteiger partial charge on any atom is -0.469 e. The standard InChI is InChI=1S/C12H14F3NO2/c1-16-7-10(11(17)18-2)8-4-3-5-9(6-8)12(13,14)15/h3-6,10,16H,7H2,1-2H3. The summed E-state index contributed by atoms with van der Waals surface area (Å²) in [5, 5.41) is 2.76. The SMILES string of the molecule is CNCC(C(=O)OC)c1cccc(C(F)(F)F)c1. The van der Waals surface area contributed by atoms with Crippen molar-refractivity contribution in [2.24, 2.45) is 0 Å². The highest BCUT2D eigenvalue weighted by Crippen LogP contribution is 2.31. The topological polar surface area (TPSA) is 38.3 Å². The van der Waals surface area contributed by atoms with E-state index < -0.39 is 23.6 Å². The van der Waals surface area contributed by atoms with Gasteiger partial charge in [-0.1, -0.05) is 18.2 Å². The summed E-state index contributed by atoms with van der Waals surface area (Å²) in [6.45, 7) is 0.216. The van der Waals surface area contributed by atoms with Crippen molar-refractivity contribution in [3.63, 3.8) is 0 Å². The minimum atomic E-state index is -4.42. The van der Waals surface area contributed by atoms with E-state index in [1.807, 2.05) is 0 Å². The van der Waals surface area contributed by atoms with Crippen LogP contribution in [-0.4, -0.2) is 26.7 Å². The van der Waals surface area contributed by atoms with Gasteiger partial charge >= 0.3 is 12.1 Å². The predicted molar refractivity (Wildman–Crippen MR) is 60.1 cm³/mol. The highest BCUT2D eigenvalue weighted by molar-refractivity contribution is 5.78. The molecule has 0 radical (unpaired) electrons. The normalized spacial score (nSPS) is 13.2. The van der Waals surface area contributed by atoms with E-state index in [4.69, 9.17) is 0 Å². The van der Waals surface area contributed by atoms with Gasteiger partial charge in [-0.2, -0.15) is 13.2 Å². The van der Waals surface area contributed by atoms with Gasteiger partial charge in [0.2, 0.25) is 0 Å². The second kappa shape index (κ2) is 5.86. The number of esters is 1. The van der Waals surface area contributed by atoms with Gasteiger partial charge in [-0.15, -0.1) is 0 Å². The van der Waals surface area contributed by atoms with E-state index in [1.54, 1.807) is 7.05 Å². The number of carbonyl (C=O) groups excluding carboxylic acids is 1. The summed E-state index contributed by atoms with van der Waals surface area (Å²) in [7, 11) is 2.82. The Morgan fingerprint density at radius 2 is 2.11 bits per heavy atom. The summed E-state index contributed by atoms with van der Waals surface area (Å²) < 4.78 is 42.3. The number of hydrogen-bond acceptors (Lipinski definition) is 3. The summed E-state index contributed by atoms with van der Waals surface area (Å²) in [5.74, 6) is -1.31. The number of methoxy groups -OCH3 is 1. The second-order valence-electron chi connectivity index (χ2n) is 3.76. The van der Waals surface area contributed by atoms with Gasteiger partial charge in [0.25, 0.3) is 0 Å². The first-order valence-corrected chi connectivity index (χ1v) is 5.29. The molecule has 1 aromatic rings. The van der Waals surface area contributed by atoms with Crippen molar-refractivity contribution in [3.05, 3.63) is 35.4 Å². The maximum absolute atomic E-state index is 12.6. The molecule has 0 aliphatic rings. The van der Waals surface area contributed by atoms with Crippen molar-refractivity contribution in [2.45, 2.75) is 12.1 Å². The zero-order valence-corrected chi connectivity index (χ0v) is 10.0. The fraction of sp³-hybridized carbons (Fsp3) is 0.417. The summed E-state index contributed by atoms with van der Waals surface area (Å²) in [4.78, 5) is 11.5. The molecule has 0 aromatic heterocycles. The smallest absolute Gasteiger partial charge is 0.416 e.